The van der Waals surface area contributed by atoms with E-state index in [0.717, 1.165) is 5.56 Å². The van der Waals surface area contributed by atoms with E-state index < -0.39 is 0 Å². The summed E-state index contributed by atoms with van der Waals surface area (Å²) in [4.78, 5) is 3.11. The number of ether oxygens (including phenoxy) is 1. The first-order valence-corrected chi connectivity index (χ1v) is 3.30. The molecule has 0 aromatic heterocycles. The van der Waals surface area contributed by atoms with E-state index in [4.69, 9.17) is 10.1 Å². The molecular formula is C8H9N2O+. The van der Waals surface area contributed by atoms with E-state index in [9.17, 15) is 0 Å². The molecule has 1 aromatic rings. The van der Waals surface area contributed by atoms with Crippen LogP contribution >= 0.6 is 0 Å². The van der Waals surface area contributed by atoms with Crippen molar-refractivity contribution in [2.24, 2.45) is 0 Å². The highest BCUT2D eigenvalue weighted by molar-refractivity contribution is 5.50. The Balaban J connectivity index is 2.95. The Kier molecular flexibility index (Phi) is 2.59. The fraction of sp³-hybridized carbons (Fsp3) is 0.250. The highest BCUT2D eigenvalue weighted by atomic mass is 16.5. The van der Waals surface area contributed by atoms with E-state index in [-0.39, 0.29) is 0 Å². The van der Waals surface area contributed by atoms with Crippen molar-refractivity contribution in [2.45, 2.75) is 6.61 Å². The quantitative estimate of drug-likeness (QED) is 0.605. The van der Waals surface area contributed by atoms with Crippen LogP contribution in [0.2, 0.25) is 0 Å². The summed E-state index contributed by atoms with van der Waals surface area (Å²) in [6, 6.07) is 7.28. The van der Waals surface area contributed by atoms with Gasteiger partial charge in [-0.3, -0.25) is 0 Å². The van der Waals surface area contributed by atoms with E-state index in [0.29, 0.717) is 12.3 Å². The Morgan fingerprint density at radius 2 is 2.18 bits per heavy atom. The minimum atomic E-state index is 0.472. The lowest BCUT2D eigenvalue weighted by molar-refractivity contribution is 0.185. The van der Waals surface area contributed by atoms with Crippen LogP contribution in [-0.2, 0) is 11.3 Å². The normalized spacial score (nSPS) is 9.09. The van der Waals surface area contributed by atoms with Crippen molar-refractivity contribution < 1.29 is 4.74 Å². The van der Waals surface area contributed by atoms with Gasteiger partial charge >= 0.3 is 5.69 Å². The molecule has 0 bridgehead atoms. The maximum absolute atomic E-state index is 8.51. The summed E-state index contributed by atoms with van der Waals surface area (Å²) in [5.74, 6) is 0. The van der Waals surface area contributed by atoms with E-state index in [1.165, 1.54) is 0 Å². The Bertz CT molecular complexity index is 278. The molecule has 56 valence electrons. The molecule has 0 amide bonds. The molecule has 0 aliphatic heterocycles. The lowest BCUT2D eigenvalue weighted by Crippen LogP contribution is -1.85. The molecule has 0 saturated carbocycles. The molecular weight excluding hydrogens is 140 g/mol. The van der Waals surface area contributed by atoms with Gasteiger partial charge in [-0.05, 0) is 6.07 Å². The van der Waals surface area contributed by atoms with Crippen LogP contribution < -0.4 is 0 Å². The number of methoxy groups -OCH3 is 1. The summed E-state index contributed by atoms with van der Waals surface area (Å²) in [6.07, 6.45) is 0. The number of hydrogen-bond acceptors (Lipinski definition) is 2. The second-order valence-electron chi connectivity index (χ2n) is 2.16. The number of rotatable bonds is 2. The number of diazo groups is 1. The fourth-order valence-corrected chi connectivity index (χ4v) is 0.886. The van der Waals surface area contributed by atoms with Gasteiger partial charge in [0.25, 0.3) is 0 Å². The molecule has 3 heteroatoms. The molecule has 0 atom stereocenters. The van der Waals surface area contributed by atoms with Gasteiger partial charge in [0.15, 0.2) is 4.98 Å². The van der Waals surface area contributed by atoms with Crippen LogP contribution in [0.25, 0.3) is 4.98 Å². The maximum Gasteiger partial charge on any atom is 0.390 e. The zero-order valence-corrected chi connectivity index (χ0v) is 6.32. The zero-order chi connectivity index (χ0) is 8.10. The SMILES string of the molecule is COCc1ccccc1[N+]#N. The number of benzene rings is 1. The topological polar surface area (TPSA) is 37.4 Å². The van der Waals surface area contributed by atoms with Crippen molar-refractivity contribution in [1.82, 2.24) is 0 Å². The standard InChI is InChI=1S/C8H9N2O/c1-11-6-7-4-2-3-5-8(7)10-9/h2-5H,6H2,1H3/q+1. The van der Waals surface area contributed by atoms with Gasteiger partial charge in [-0.25, -0.2) is 0 Å². The summed E-state index contributed by atoms with van der Waals surface area (Å²) in [5.41, 5.74) is 1.45. The second-order valence-corrected chi connectivity index (χ2v) is 2.16. The van der Waals surface area contributed by atoms with Crippen LogP contribution in [-0.4, -0.2) is 7.11 Å². The lowest BCUT2D eigenvalue weighted by Gasteiger charge is -1.93. The summed E-state index contributed by atoms with van der Waals surface area (Å²) in [5, 5.41) is 8.51. The Morgan fingerprint density at radius 1 is 1.45 bits per heavy atom. The minimum absolute atomic E-state index is 0.472. The zero-order valence-electron chi connectivity index (χ0n) is 6.32. The molecule has 0 unspecified atom stereocenters. The molecule has 11 heavy (non-hydrogen) atoms. The van der Waals surface area contributed by atoms with Crippen LogP contribution in [0.4, 0.5) is 5.69 Å². The van der Waals surface area contributed by atoms with Gasteiger partial charge in [0.05, 0.1) is 12.2 Å². The van der Waals surface area contributed by atoms with Crippen molar-refractivity contribution in [3.63, 3.8) is 0 Å². The second kappa shape index (κ2) is 3.69. The molecule has 0 heterocycles. The average molecular weight is 149 g/mol. The molecule has 0 spiro atoms. The molecule has 3 nitrogen and oxygen atoms in total. The van der Waals surface area contributed by atoms with Crippen LogP contribution in [0, 0.1) is 5.39 Å². The fourth-order valence-electron chi connectivity index (χ4n) is 0.886. The first-order valence-electron chi connectivity index (χ1n) is 3.30. The van der Waals surface area contributed by atoms with E-state index in [2.05, 4.69) is 4.98 Å². The van der Waals surface area contributed by atoms with Crippen molar-refractivity contribution in [1.29, 1.82) is 5.39 Å². The molecule has 1 rings (SSSR count). The monoisotopic (exact) mass is 149 g/mol. The molecule has 0 N–H and O–H groups in total. The highest BCUT2D eigenvalue weighted by Gasteiger charge is 2.10. The third-order valence-corrected chi connectivity index (χ3v) is 1.40. The van der Waals surface area contributed by atoms with Gasteiger partial charge in [0.2, 0.25) is 5.39 Å². The Labute approximate surface area is 65.2 Å². The van der Waals surface area contributed by atoms with Crippen molar-refractivity contribution in [2.75, 3.05) is 7.11 Å². The van der Waals surface area contributed by atoms with Gasteiger partial charge in [-0.15, -0.1) is 0 Å². The molecule has 0 fully saturated rings. The number of hydrogen-bond donors (Lipinski definition) is 0. The molecule has 0 radical (unpaired) electrons. The summed E-state index contributed by atoms with van der Waals surface area (Å²) in [7, 11) is 1.61. The third-order valence-electron chi connectivity index (χ3n) is 1.40. The van der Waals surface area contributed by atoms with Crippen LogP contribution in [0.3, 0.4) is 0 Å². The molecule has 0 saturated heterocycles. The van der Waals surface area contributed by atoms with Gasteiger partial charge in [-0.1, -0.05) is 12.1 Å². The summed E-state index contributed by atoms with van der Waals surface area (Å²) < 4.78 is 4.90. The van der Waals surface area contributed by atoms with Crippen LogP contribution in [0.15, 0.2) is 24.3 Å². The van der Waals surface area contributed by atoms with Crippen molar-refractivity contribution >= 4 is 5.69 Å². The predicted octanol–water partition coefficient (Wildman–Crippen LogP) is 2.32. The van der Waals surface area contributed by atoms with Crippen molar-refractivity contribution in [3.8, 4) is 0 Å². The molecule has 0 aliphatic carbocycles. The first-order chi connectivity index (χ1) is 5.38. The summed E-state index contributed by atoms with van der Waals surface area (Å²) >= 11 is 0. The first kappa shape index (κ1) is 7.70. The number of nitrogens with zero attached hydrogens (tertiary/aromatic N) is 2. The Morgan fingerprint density at radius 3 is 2.82 bits per heavy atom. The minimum Gasteiger partial charge on any atom is -0.380 e. The predicted molar refractivity (Wildman–Crippen MR) is 41.9 cm³/mol. The summed E-state index contributed by atoms with van der Waals surface area (Å²) in [6.45, 7) is 0.472. The molecule has 1 aromatic carbocycles. The van der Waals surface area contributed by atoms with Gasteiger partial charge in [0.1, 0.15) is 0 Å². The highest BCUT2D eigenvalue weighted by Crippen LogP contribution is 2.18. The largest absolute Gasteiger partial charge is 0.390 e. The van der Waals surface area contributed by atoms with Crippen LogP contribution in [0.5, 0.6) is 0 Å². The van der Waals surface area contributed by atoms with E-state index >= 15 is 0 Å². The van der Waals surface area contributed by atoms with E-state index in [1.807, 2.05) is 18.2 Å². The van der Waals surface area contributed by atoms with Crippen molar-refractivity contribution in [3.05, 3.63) is 34.8 Å². The average Bonchev–Trinajstić information content (AvgIpc) is 2.06. The Hall–Kier alpha value is -1.40. The third kappa shape index (κ3) is 1.76. The van der Waals surface area contributed by atoms with E-state index in [1.54, 1.807) is 13.2 Å². The van der Waals surface area contributed by atoms with Crippen LogP contribution in [0.1, 0.15) is 5.56 Å². The van der Waals surface area contributed by atoms with Gasteiger partial charge < -0.3 is 4.74 Å². The lowest BCUT2D eigenvalue weighted by atomic mass is 10.2. The maximum atomic E-state index is 8.51. The molecule has 0 aliphatic rings. The van der Waals surface area contributed by atoms with Gasteiger partial charge in [0, 0.05) is 13.2 Å². The smallest absolute Gasteiger partial charge is 0.380 e. The van der Waals surface area contributed by atoms with Gasteiger partial charge in [-0.2, -0.15) is 0 Å².